The van der Waals surface area contributed by atoms with Gasteiger partial charge in [0, 0.05) is 25.7 Å². The molecule has 0 spiro atoms. The quantitative estimate of drug-likeness (QED) is 0.776. The van der Waals surface area contributed by atoms with Gasteiger partial charge in [0.1, 0.15) is 0 Å². The zero-order valence-electron chi connectivity index (χ0n) is 11.5. The molecule has 6 heteroatoms. The highest BCUT2D eigenvalue weighted by atomic mass is 32.2. The molecule has 1 aliphatic heterocycles. The summed E-state index contributed by atoms with van der Waals surface area (Å²) in [6.07, 6.45) is -0.0234. The second-order valence-electron chi connectivity index (χ2n) is 5.37. The van der Waals surface area contributed by atoms with Gasteiger partial charge in [0.15, 0.2) is 9.84 Å². The van der Waals surface area contributed by atoms with Crippen molar-refractivity contribution in [3.05, 3.63) is 35.9 Å². The lowest BCUT2D eigenvalue weighted by Gasteiger charge is -2.30. The first-order chi connectivity index (χ1) is 9.46. The number of nitrogens with two attached hydrogens (primary N) is 1. The van der Waals surface area contributed by atoms with Gasteiger partial charge in [0.05, 0.1) is 17.6 Å². The third-order valence-corrected chi connectivity index (χ3v) is 5.30. The molecule has 20 heavy (non-hydrogen) atoms. The molecule has 1 saturated heterocycles. The molecule has 0 amide bonds. The molecule has 1 fully saturated rings. The number of hydrogen-bond donors (Lipinski definition) is 2. The number of β-amino-alcohol motifs (C(OH)–C–C–N with tert-alkyl or cyclic N) is 1. The van der Waals surface area contributed by atoms with Crippen LogP contribution >= 0.6 is 0 Å². The molecule has 1 aliphatic rings. The van der Waals surface area contributed by atoms with E-state index in [0.29, 0.717) is 26.1 Å². The van der Waals surface area contributed by atoms with E-state index in [2.05, 4.69) is 0 Å². The van der Waals surface area contributed by atoms with Crippen LogP contribution in [-0.2, 0) is 16.3 Å². The van der Waals surface area contributed by atoms with Crippen LogP contribution in [0.5, 0.6) is 0 Å². The van der Waals surface area contributed by atoms with E-state index < -0.39 is 15.9 Å². The number of sulfone groups is 1. The van der Waals surface area contributed by atoms with E-state index in [1.54, 1.807) is 0 Å². The molecule has 0 radical (unpaired) electrons. The van der Waals surface area contributed by atoms with E-state index in [9.17, 15) is 13.5 Å². The fraction of sp³-hybridized carbons (Fsp3) is 0.571. The normalized spacial score (nSPS) is 22.3. The van der Waals surface area contributed by atoms with Gasteiger partial charge in [-0.25, -0.2) is 8.42 Å². The van der Waals surface area contributed by atoms with Crippen LogP contribution in [0.4, 0.5) is 0 Å². The molecule has 0 aliphatic carbocycles. The van der Waals surface area contributed by atoms with Gasteiger partial charge >= 0.3 is 0 Å². The summed E-state index contributed by atoms with van der Waals surface area (Å²) in [6.45, 7) is 1.40. The Labute approximate surface area is 120 Å². The standard InChI is InChI=1S/C14H22N2O3S/c15-13(10-12-4-2-1-3-5-12)14(17)11-16-6-8-20(18,19)9-7-16/h1-5,13-14,17H,6-11,15H2. The van der Waals surface area contributed by atoms with Crippen LogP contribution in [0.1, 0.15) is 5.56 Å². The highest BCUT2D eigenvalue weighted by Gasteiger charge is 2.25. The summed E-state index contributed by atoms with van der Waals surface area (Å²) < 4.78 is 22.7. The number of aliphatic hydroxyl groups excluding tert-OH is 1. The lowest BCUT2D eigenvalue weighted by Crippen LogP contribution is -2.49. The number of hydrogen-bond acceptors (Lipinski definition) is 5. The maximum atomic E-state index is 11.3. The van der Waals surface area contributed by atoms with Crippen molar-refractivity contribution in [2.45, 2.75) is 18.6 Å². The summed E-state index contributed by atoms with van der Waals surface area (Å²) in [6, 6.07) is 9.48. The van der Waals surface area contributed by atoms with Gasteiger partial charge in [-0.2, -0.15) is 0 Å². The SMILES string of the molecule is NC(Cc1ccccc1)C(O)CN1CCS(=O)(=O)CC1. The molecule has 2 unspecified atom stereocenters. The minimum absolute atomic E-state index is 0.174. The Morgan fingerprint density at radius 1 is 1.20 bits per heavy atom. The Bertz CT molecular complexity index is 504. The molecule has 2 rings (SSSR count). The Kier molecular flexibility index (Phi) is 5.15. The second-order valence-corrected chi connectivity index (χ2v) is 7.68. The topological polar surface area (TPSA) is 83.6 Å². The molecule has 0 bridgehead atoms. The number of aliphatic hydroxyl groups is 1. The van der Waals surface area contributed by atoms with E-state index in [-0.39, 0.29) is 17.5 Å². The van der Waals surface area contributed by atoms with Gasteiger partial charge in [-0.1, -0.05) is 30.3 Å². The maximum Gasteiger partial charge on any atom is 0.152 e. The van der Waals surface area contributed by atoms with Crippen molar-refractivity contribution in [3.63, 3.8) is 0 Å². The molecular formula is C14H22N2O3S. The van der Waals surface area contributed by atoms with Crippen molar-refractivity contribution < 1.29 is 13.5 Å². The summed E-state index contributed by atoms with van der Waals surface area (Å²) >= 11 is 0. The second kappa shape index (κ2) is 6.67. The molecule has 112 valence electrons. The predicted octanol–water partition coefficient (Wildman–Crippen LogP) is -0.352. The van der Waals surface area contributed by atoms with E-state index >= 15 is 0 Å². The van der Waals surface area contributed by atoms with Crippen molar-refractivity contribution in [3.8, 4) is 0 Å². The van der Waals surface area contributed by atoms with E-state index in [1.807, 2.05) is 35.2 Å². The minimum atomic E-state index is -2.87. The first-order valence-corrected chi connectivity index (χ1v) is 8.69. The fourth-order valence-electron chi connectivity index (χ4n) is 2.36. The van der Waals surface area contributed by atoms with E-state index in [4.69, 9.17) is 5.73 Å². The molecule has 1 aromatic carbocycles. The predicted molar refractivity (Wildman–Crippen MR) is 79.2 cm³/mol. The van der Waals surface area contributed by atoms with E-state index in [0.717, 1.165) is 5.56 Å². The van der Waals surface area contributed by atoms with Crippen LogP contribution in [0, 0.1) is 0 Å². The fourth-order valence-corrected chi connectivity index (χ4v) is 3.63. The lowest BCUT2D eigenvalue weighted by atomic mass is 10.0. The smallest absolute Gasteiger partial charge is 0.152 e. The van der Waals surface area contributed by atoms with Crippen LogP contribution in [0.25, 0.3) is 0 Å². The summed E-state index contributed by atoms with van der Waals surface area (Å²) in [5, 5.41) is 10.1. The van der Waals surface area contributed by atoms with Gasteiger partial charge in [-0.3, -0.25) is 4.90 Å². The Balaban J connectivity index is 1.81. The van der Waals surface area contributed by atoms with Crippen molar-refractivity contribution in [1.29, 1.82) is 0 Å². The summed E-state index contributed by atoms with van der Waals surface area (Å²) in [7, 11) is -2.87. The first kappa shape index (κ1) is 15.4. The molecule has 3 N–H and O–H groups in total. The van der Waals surface area contributed by atoms with Crippen molar-refractivity contribution in [1.82, 2.24) is 4.90 Å². The molecule has 0 saturated carbocycles. The number of nitrogens with zero attached hydrogens (tertiary/aromatic N) is 1. The first-order valence-electron chi connectivity index (χ1n) is 6.86. The van der Waals surface area contributed by atoms with Crippen LogP contribution in [0.3, 0.4) is 0 Å². The molecule has 0 aromatic heterocycles. The van der Waals surface area contributed by atoms with Crippen molar-refractivity contribution in [2.24, 2.45) is 5.73 Å². The number of rotatable bonds is 5. The van der Waals surface area contributed by atoms with Gasteiger partial charge < -0.3 is 10.8 Å². The highest BCUT2D eigenvalue weighted by Crippen LogP contribution is 2.08. The molecule has 5 nitrogen and oxygen atoms in total. The summed E-state index contributed by atoms with van der Waals surface area (Å²) in [5.74, 6) is 0.348. The summed E-state index contributed by atoms with van der Waals surface area (Å²) in [4.78, 5) is 1.97. The van der Waals surface area contributed by atoms with Gasteiger partial charge in [0.2, 0.25) is 0 Å². The molecular weight excluding hydrogens is 276 g/mol. The Morgan fingerprint density at radius 3 is 2.40 bits per heavy atom. The molecule has 1 heterocycles. The van der Waals surface area contributed by atoms with Crippen molar-refractivity contribution >= 4 is 9.84 Å². The monoisotopic (exact) mass is 298 g/mol. The minimum Gasteiger partial charge on any atom is -0.390 e. The third-order valence-electron chi connectivity index (χ3n) is 3.69. The molecule has 2 atom stereocenters. The maximum absolute atomic E-state index is 11.3. The van der Waals surface area contributed by atoms with E-state index in [1.165, 1.54) is 0 Å². The largest absolute Gasteiger partial charge is 0.390 e. The molecule has 1 aromatic rings. The lowest BCUT2D eigenvalue weighted by molar-refractivity contribution is 0.0946. The highest BCUT2D eigenvalue weighted by molar-refractivity contribution is 7.91. The average Bonchev–Trinajstić information content (AvgIpc) is 2.42. The van der Waals surface area contributed by atoms with Gasteiger partial charge in [0.25, 0.3) is 0 Å². The van der Waals surface area contributed by atoms with Gasteiger partial charge in [-0.05, 0) is 12.0 Å². The Morgan fingerprint density at radius 2 is 1.80 bits per heavy atom. The van der Waals surface area contributed by atoms with Crippen LogP contribution in [-0.4, -0.2) is 61.7 Å². The van der Waals surface area contributed by atoms with Crippen LogP contribution < -0.4 is 5.73 Å². The Hall–Kier alpha value is -0.950. The average molecular weight is 298 g/mol. The van der Waals surface area contributed by atoms with Gasteiger partial charge in [-0.15, -0.1) is 0 Å². The van der Waals surface area contributed by atoms with Crippen LogP contribution in [0.2, 0.25) is 0 Å². The van der Waals surface area contributed by atoms with Crippen LogP contribution in [0.15, 0.2) is 30.3 Å². The zero-order chi connectivity index (χ0) is 14.6. The third kappa shape index (κ3) is 4.56. The summed E-state index contributed by atoms with van der Waals surface area (Å²) in [5.41, 5.74) is 7.12. The van der Waals surface area contributed by atoms with Crippen molar-refractivity contribution in [2.75, 3.05) is 31.1 Å². The number of benzene rings is 1. The zero-order valence-corrected chi connectivity index (χ0v) is 12.3.